The van der Waals surface area contributed by atoms with E-state index in [4.69, 9.17) is 0 Å². The minimum atomic E-state index is 0.00347. The topological polar surface area (TPSA) is 41.1 Å². The van der Waals surface area contributed by atoms with Crippen LogP contribution >= 0.6 is 0 Å². The Hall–Kier alpha value is -0.730. The molecule has 1 saturated carbocycles. The summed E-state index contributed by atoms with van der Waals surface area (Å²) in [6.45, 7) is 0.885. The molecule has 2 amide bonds. The Morgan fingerprint density at radius 3 is 3.12 bits per heavy atom. The summed E-state index contributed by atoms with van der Waals surface area (Å²) in [5.74, 6) is 0.743. The van der Waals surface area contributed by atoms with Crippen LogP contribution in [0, 0.1) is 5.92 Å². The molecule has 44 valence electrons. The first-order valence-electron chi connectivity index (χ1n) is 2.90. The molecule has 3 nitrogen and oxygen atoms in total. The van der Waals surface area contributed by atoms with E-state index in [0.717, 1.165) is 12.5 Å². The summed E-state index contributed by atoms with van der Waals surface area (Å²) in [6.07, 6.45) is 1.18. The van der Waals surface area contributed by atoms with Crippen molar-refractivity contribution in [2.24, 2.45) is 5.92 Å². The maximum atomic E-state index is 10.5. The van der Waals surface area contributed by atoms with Crippen LogP contribution in [0.4, 0.5) is 4.79 Å². The molecule has 1 aliphatic heterocycles. The highest BCUT2D eigenvalue weighted by Crippen LogP contribution is 2.30. The first-order valence-corrected chi connectivity index (χ1v) is 2.90. The van der Waals surface area contributed by atoms with E-state index in [-0.39, 0.29) is 6.03 Å². The standard InChI is InChI=1S/C5H8N2O/c8-5-6-2-3-1-4(3)7-5/h3-4H,1-2H2,(H2,6,7,8). The van der Waals surface area contributed by atoms with Crippen molar-refractivity contribution in [3.63, 3.8) is 0 Å². The number of carbonyl (C=O) groups is 1. The van der Waals surface area contributed by atoms with Gasteiger partial charge in [0, 0.05) is 12.6 Å². The summed E-state index contributed by atoms with van der Waals surface area (Å²) in [5, 5.41) is 5.53. The largest absolute Gasteiger partial charge is 0.338 e. The third-order valence-corrected chi connectivity index (χ3v) is 1.76. The molecule has 1 heterocycles. The van der Waals surface area contributed by atoms with Crippen molar-refractivity contribution < 1.29 is 4.79 Å². The van der Waals surface area contributed by atoms with E-state index in [0.29, 0.717) is 6.04 Å². The molecule has 1 aliphatic carbocycles. The van der Waals surface area contributed by atoms with Crippen molar-refractivity contribution in [2.75, 3.05) is 6.54 Å². The van der Waals surface area contributed by atoms with Gasteiger partial charge in [0.05, 0.1) is 0 Å². The SMILES string of the molecule is O=C1NCC2CC2N1. The van der Waals surface area contributed by atoms with Gasteiger partial charge < -0.3 is 10.6 Å². The summed E-state index contributed by atoms with van der Waals surface area (Å²) in [7, 11) is 0. The van der Waals surface area contributed by atoms with Gasteiger partial charge in [0.15, 0.2) is 0 Å². The molecule has 0 spiro atoms. The molecule has 8 heavy (non-hydrogen) atoms. The van der Waals surface area contributed by atoms with Crippen LogP contribution < -0.4 is 10.6 Å². The van der Waals surface area contributed by atoms with E-state index >= 15 is 0 Å². The van der Waals surface area contributed by atoms with E-state index in [1.807, 2.05) is 0 Å². The minimum absolute atomic E-state index is 0.00347. The Morgan fingerprint density at radius 1 is 1.62 bits per heavy atom. The quantitative estimate of drug-likeness (QED) is 0.443. The van der Waals surface area contributed by atoms with E-state index in [1.165, 1.54) is 6.42 Å². The Labute approximate surface area is 47.4 Å². The van der Waals surface area contributed by atoms with Crippen molar-refractivity contribution in [1.82, 2.24) is 10.6 Å². The lowest BCUT2D eigenvalue weighted by molar-refractivity contribution is 0.235. The molecule has 0 bridgehead atoms. The van der Waals surface area contributed by atoms with Gasteiger partial charge in [-0.05, 0) is 12.3 Å². The zero-order valence-corrected chi connectivity index (χ0v) is 4.48. The molecule has 2 fully saturated rings. The Morgan fingerprint density at radius 2 is 2.50 bits per heavy atom. The lowest BCUT2D eigenvalue weighted by Gasteiger charge is -2.11. The van der Waals surface area contributed by atoms with Crippen LogP contribution in [0.15, 0.2) is 0 Å². The Kier molecular flexibility index (Phi) is 0.604. The molecule has 3 heteroatoms. The van der Waals surface area contributed by atoms with Gasteiger partial charge in [0.2, 0.25) is 0 Å². The predicted octanol–water partition coefficient (Wildman–Crippen LogP) is -0.312. The van der Waals surface area contributed by atoms with E-state index < -0.39 is 0 Å². The van der Waals surface area contributed by atoms with Crippen LogP contribution in [0.5, 0.6) is 0 Å². The number of hydrogen-bond donors (Lipinski definition) is 2. The highest BCUT2D eigenvalue weighted by molar-refractivity contribution is 5.75. The summed E-state index contributed by atoms with van der Waals surface area (Å²) in [4.78, 5) is 10.5. The normalized spacial score (nSPS) is 41.8. The fourth-order valence-corrected chi connectivity index (χ4v) is 1.09. The second kappa shape index (κ2) is 1.16. The van der Waals surface area contributed by atoms with E-state index in [2.05, 4.69) is 10.6 Å². The van der Waals surface area contributed by atoms with Gasteiger partial charge >= 0.3 is 6.03 Å². The fraction of sp³-hybridized carbons (Fsp3) is 0.800. The maximum absolute atomic E-state index is 10.5. The lowest BCUT2D eigenvalue weighted by atomic mass is 10.4. The average molecular weight is 112 g/mol. The van der Waals surface area contributed by atoms with Crippen LogP contribution in [0.2, 0.25) is 0 Å². The molecule has 2 unspecified atom stereocenters. The summed E-state index contributed by atoms with van der Waals surface area (Å²) in [5.41, 5.74) is 0. The van der Waals surface area contributed by atoms with Gasteiger partial charge in [0.25, 0.3) is 0 Å². The fourth-order valence-electron chi connectivity index (χ4n) is 1.09. The van der Waals surface area contributed by atoms with Crippen molar-refractivity contribution in [3.05, 3.63) is 0 Å². The summed E-state index contributed by atoms with van der Waals surface area (Å²) < 4.78 is 0. The highest BCUT2D eigenvalue weighted by atomic mass is 16.2. The summed E-state index contributed by atoms with van der Waals surface area (Å²) >= 11 is 0. The predicted molar refractivity (Wildman–Crippen MR) is 28.4 cm³/mol. The van der Waals surface area contributed by atoms with Crippen LogP contribution in [0.25, 0.3) is 0 Å². The molecule has 0 radical (unpaired) electrons. The van der Waals surface area contributed by atoms with Crippen LogP contribution in [0.1, 0.15) is 6.42 Å². The van der Waals surface area contributed by atoms with Crippen LogP contribution in [-0.2, 0) is 0 Å². The molecule has 0 aromatic heterocycles. The molecule has 2 aliphatic rings. The number of carbonyl (C=O) groups excluding carboxylic acids is 1. The van der Waals surface area contributed by atoms with Gasteiger partial charge in [0.1, 0.15) is 0 Å². The summed E-state index contributed by atoms with van der Waals surface area (Å²) in [6, 6.07) is 0.521. The van der Waals surface area contributed by atoms with E-state index in [9.17, 15) is 4.79 Å². The van der Waals surface area contributed by atoms with Crippen LogP contribution in [-0.4, -0.2) is 18.6 Å². The molecular formula is C5H8N2O. The van der Waals surface area contributed by atoms with Gasteiger partial charge in [-0.15, -0.1) is 0 Å². The number of urea groups is 1. The lowest BCUT2D eigenvalue weighted by Crippen LogP contribution is -2.43. The van der Waals surface area contributed by atoms with Crippen LogP contribution in [0.3, 0.4) is 0 Å². The second-order valence-electron chi connectivity index (χ2n) is 2.46. The van der Waals surface area contributed by atoms with Gasteiger partial charge in [-0.2, -0.15) is 0 Å². The molecule has 0 aromatic rings. The van der Waals surface area contributed by atoms with E-state index in [1.54, 1.807) is 0 Å². The first-order chi connectivity index (χ1) is 3.86. The zero-order chi connectivity index (χ0) is 5.56. The molecule has 2 atom stereocenters. The highest BCUT2D eigenvalue weighted by Gasteiger charge is 2.41. The molecule has 2 N–H and O–H groups in total. The Bertz CT molecular complexity index is 134. The van der Waals surface area contributed by atoms with Crippen molar-refractivity contribution in [3.8, 4) is 0 Å². The zero-order valence-electron chi connectivity index (χ0n) is 4.48. The Balaban J connectivity index is 2.02. The monoisotopic (exact) mass is 112 g/mol. The van der Waals surface area contributed by atoms with Gasteiger partial charge in [-0.25, -0.2) is 4.79 Å². The molecular weight excluding hydrogens is 104 g/mol. The molecule has 2 rings (SSSR count). The van der Waals surface area contributed by atoms with Gasteiger partial charge in [-0.3, -0.25) is 0 Å². The number of nitrogens with one attached hydrogen (secondary N) is 2. The number of rotatable bonds is 0. The number of amides is 2. The third-order valence-electron chi connectivity index (χ3n) is 1.76. The third kappa shape index (κ3) is 0.472. The van der Waals surface area contributed by atoms with Gasteiger partial charge in [-0.1, -0.05) is 0 Å². The molecule has 0 aromatic carbocycles. The van der Waals surface area contributed by atoms with Crippen molar-refractivity contribution >= 4 is 6.03 Å². The minimum Gasteiger partial charge on any atom is -0.338 e. The van der Waals surface area contributed by atoms with Crippen molar-refractivity contribution in [1.29, 1.82) is 0 Å². The maximum Gasteiger partial charge on any atom is 0.315 e. The smallest absolute Gasteiger partial charge is 0.315 e. The molecule has 1 saturated heterocycles. The average Bonchev–Trinajstić information content (AvgIpc) is 2.43. The number of fused-ring (bicyclic) bond motifs is 1. The number of hydrogen-bond acceptors (Lipinski definition) is 1. The first kappa shape index (κ1) is 4.18. The second-order valence-corrected chi connectivity index (χ2v) is 2.46. The van der Waals surface area contributed by atoms with Crippen molar-refractivity contribution in [2.45, 2.75) is 12.5 Å².